The molecule has 0 saturated carbocycles. The first-order valence-corrected chi connectivity index (χ1v) is 12.5. The van der Waals surface area contributed by atoms with Gasteiger partial charge in [0.05, 0.1) is 6.61 Å². The number of aromatic amines is 1. The van der Waals surface area contributed by atoms with E-state index in [4.69, 9.17) is 14.2 Å². The van der Waals surface area contributed by atoms with E-state index in [1.807, 2.05) is 38.1 Å². The lowest BCUT2D eigenvalue weighted by atomic mass is 9.98. The van der Waals surface area contributed by atoms with Gasteiger partial charge in [0, 0.05) is 17.7 Å². The van der Waals surface area contributed by atoms with Gasteiger partial charge in [0.25, 0.3) is 0 Å². The van der Waals surface area contributed by atoms with E-state index in [1.54, 1.807) is 0 Å². The molecule has 0 amide bonds. The Morgan fingerprint density at radius 1 is 1.00 bits per heavy atom. The van der Waals surface area contributed by atoms with Crippen LogP contribution in [0.1, 0.15) is 53.3 Å². The number of aryl methyl sites for hydroxylation is 2. The number of para-hydroxylation sites is 1. The highest BCUT2D eigenvalue weighted by Gasteiger charge is 2.45. The van der Waals surface area contributed by atoms with E-state index >= 15 is 0 Å². The number of nitrogens with zero attached hydrogens (tertiary/aromatic N) is 1. The second kappa shape index (κ2) is 11.6. The van der Waals surface area contributed by atoms with Gasteiger partial charge in [0.1, 0.15) is 36.8 Å². The smallest absolute Gasteiger partial charge is 0.238 e. The SMILES string of the molecule is Cc1ccc(C)c(COc2ccccc2Cc2c(OC3O[C@H](CO)[C@@H](O)[C@H](O)[C@H]3O)n[nH]c2C(C)C)c1. The van der Waals surface area contributed by atoms with Crippen LogP contribution in [0.2, 0.25) is 0 Å². The van der Waals surface area contributed by atoms with Crippen molar-refractivity contribution in [3.8, 4) is 11.6 Å². The van der Waals surface area contributed by atoms with Crippen molar-refractivity contribution in [3.63, 3.8) is 0 Å². The van der Waals surface area contributed by atoms with Gasteiger partial charge in [-0.3, -0.25) is 5.10 Å². The highest BCUT2D eigenvalue weighted by molar-refractivity contribution is 5.43. The summed E-state index contributed by atoms with van der Waals surface area (Å²) in [6.07, 6.45) is -6.51. The van der Waals surface area contributed by atoms with Crippen LogP contribution in [0, 0.1) is 13.8 Å². The third-order valence-electron chi connectivity index (χ3n) is 6.74. The number of aliphatic hydroxyl groups excluding tert-OH is 4. The molecule has 9 heteroatoms. The first kappa shape index (κ1) is 27.1. The molecule has 9 nitrogen and oxygen atoms in total. The number of ether oxygens (including phenoxy) is 3. The lowest BCUT2D eigenvalue weighted by Gasteiger charge is -2.39. The van der Waals surface area contributed by atoms with Gasteiger partial charge in [-0.05, 0) is 42.5 Å². The van der Waals surface area contributed by atoms with Crippen LogP contribution in [0.25, 0.3) is 0 Å². The minimum Gasteiger partial charge on any atom is -0.489 e. The Morgan fingerprint density at radius 3 is 2.49 bits per heavy atom. The zero-order valence-corrected chi connectivity index (χ0v) is 21.6. The van der Waals surface area contributed by atoms with E-state index in [-0.39, 0.29) is 11.8 Å². The molecule has 5 N–H and O–H groups in total. The summed E-state index contributed by atoms with van der Waals surface area (Å²) in [7, 11) is 0. The molecule has 1 unspecified atom stereocenters. The summed E-state index contributed by atoms with van der Waals surface area (Å²) < 4.78 is 17.7. The maximum atomic E-state index is 10.4. The van der Waals surface area contributed by atoms with Gasteiger partial charge in [0.15, 0.2) is 0 Å². The third kappa shape index (κ3) is 5.97. The minimum atomic E-state index is -1.54. The molecule has 2 heterocycles. The fraction of sp³-hybridized carbons (Fsp3) is 0.464. The normalized spacial score (nSPS) is 23.9. The largest absolute Gasteiger partial charge is 0.489 e. The molecular weight excluding hydrogens is 476 g/mol. The van der Waals surface area contributed by atoms with Gasteiger partial charge in [-0.15, -0.1) is 5.10 Å². The van der Waals surface area contributed by atoms with Crippen molar-refractivity contribution >= 4 is 0 Å². The zero-order valence-electron chi connectivity index (χ0n) is 21.6. The van der Waals surface area contributed by atoms with Crippen LogP contribution in [0.3, 0.4) is 0 Å². The molecule has 0 aliphatic carbocycles. The summed E-state index contributed by atoms with van der Waals surface area (Å²) in [6.45, 7) is 8.06. The lowest BCUT2D eigenvalue weighted by molar-refractivity contribution is -0.278. The second-order valence-corrected chi connectivity index (χ2v) is 9.89. The van der Waals surface area contributed by atoms with Crippen molar-refractivity contribution < 1.29 is 34.6 Å². The van der Waals surface area contributed by atoms with E-state index in [0.29, 0.717) is 13.0 Å². The van der Waals surface area contributed by atoms with Crippen LogP contribution in [-0.4, -0.2) is 67.9 Å². The standard InChI is InChI=1S/C28H36N2O7/c1-15(2)23-20(27(30-29-23)37-28-26(34)25(33)24(32)22(13-31)36-28)12-18-7-5-6-8-21(18)35-14-19-11-16(3)9-10-17(19)4/h5-11,15,22,24-26,28,31-34H,12-14H2,1-4H3,(H,29,30)/t22-,24-,25+,26-,28?/m1/s1. The number of aromatic nitrogens is 2. The first-order valence-electron chi connectivity index (χ1n) is 12.5. The number of rotatable bonds is 9. The molecule has 1 fully saturated rings. The second-order valence-electron chi connectivity index (χ2n) is 9.89. The van der Waals surface area contributed by atoms with Gasteiger partial charge >= 0.3 is 0 Å². The van der Waals surface area contributed by atoms with Gasteiger partial charge < -0.3 is 34.6 Å². The van der Waals surface area contributed by atoms with Crippen LogP contribution in [0.4, 0.5) is 0 Å². The van der Waals surface area contributed by atoms with Crippen molar-refractivity contribution in [2.75, 3.05) is 6.61 Å². The van der Waals surface area contributed by atoms with Crippen molar-refractivity contribution in [3.05, 3.63) is 76.0 Å². The lowest BCUT2D eigenvalue weighted by Crippen LogP contribution is -2.60. The summed E-state index contributed by atoms with van der Waals surface area (Å²) in [5.41, 5.74) is 5.99. The quantitative estimate of drug-likeness (QED) is 0.295. The molecular formula is C28H36N2O7. The highest BCUT2D eigenvalue weighted by Crippen LogP contribution is 2.33. The Morgan fingerprint density at radius 2 is 1.76 bits per heavy atom. The maximum absolute atomic E-state index is 10.4. The van der Waals surface area contributed by atoms with E-state index < -0.39 is 37.3 Å². The Hall–Kier alpha value is -2.95. The molecule has 1 saturated heterocycles. The predicted octanol–water partition coefficient (Wildman–Crippen LogP) is 2.50. The molecule has 200 valence electrons. The Labute approximate surface area is 216 Å². The van der Waals surface area contributed by atoms with E-state index in [1.165, 1.54) is 5.56 Å². The van der Waals surface area contributed by atoms with Crippen molar-refractivity contribution in [2.45, 2.75) is 77.3 Å². The molecule has 2 aromatic carbocycles. The average Bonchev–Trinajstić information content (AvgIpc) is 3.27. The monoisotopic (exact) mass is 512 g/mol. The summed E-state index contributed by atoms with van der Waals surface area (Å²) >= 11 is 0. The van der Waals surface area contributed by atoms with E-state index in [2.05, 4.69) is 42.2 Å². The number of nitrogens with one attached hydrogen (secondary N) is 1. The van der Waals surface area contributed by atoms with Gasteiger partial charge in [-0.25, -0.2) is 0 Å². The van der Waals surface area contributed by atoms with E-state index in [0.717, 1.165) is 33.7 Å². The van der Waals surface area contributed by atoms with E-state index in [9.17, 15) is 20.4 Å². The molecule has 0 radical (unpaired) electrons. The molecule has 0 bridgehead atoms. The minimum absolute atomic E-state index is 0.0951. The van der Waals surface area contributed by atoms with Gasteiger partial charge in [0.2, 0.25) is 12.2 Å². The molecule has 0 spiro atoms. The summed E-state index contributed by atoms with van der Waals surface area (Å²) in [5.74, 6) is 1.04. The molecule has 3 aromatic rings. The Bertz CT molecular complexity index is 1190. The molecule has 5 atom stereocenters. The number of hydrogen-bond acceptors (Lipinski definition) is 8. The predicted molar refractivity (Wildman–Crippen MR) is 137 cm³/mol. The van der Waals surface area contributed by atoms with Gasteiger partial charge in [-0.2, -0.15) is 0 Å². The molecule has 1 aliphatic heterocycles. The fourth-order valence-electron chi connectivity index (χ4n) is 4.47. The van der Waals surface area contributed by atoms with Crippen molar-refractivity contribution in [2.24, 2.45) is 0 Å². The Balaban J connectivity index is 1.58. The Kier molecular flexibility index (Phi) is 8.51. The fourth-order valence-corrected chi connectivity index (χ4v) is 4.47. The molecule has 37 heavy (non-hydrogen) atoms. The van der Waals surface area contributed by atoms with Crippen LogP contribution >= 0.6 is 0 Å². The van der Waals surface area contributed by atoms with Crippen molar-refractivity contribution in [1.82, 2.24) is 10.2 Å². The average molecular weight is 513 g/mol. The first-order chi connectivity index (χ1) is 17.7. The number of aliphatic hydroxyl groups is 4. The number of benzene rings is 2. The zero-order chi connectivity index (χ0) is 26.7. The molecule has 1 aliphatic rings. The van der Waals surface area contributed by atoms with Crippen LogP contribution in [-0.2, 0) is 17.8 Å². The van der Waals surface area contributed by atoms with Crippen LogP contribution in [0.15, 0.2) is 42.5 Å². The molecule has 4 rings (SSSR count). The van der Waals surface area contributed by atoms with Crippen molar-refractivity contribution in [1.29, 1.82) is 0 Å². The van der Waals surface area contributed by atoms with Crippen LogP contribution in [0.5, 0.6) is 11.6 Å². The molecule has 1 aromatic heterocycles. The summed E-state index contributed by atoms with van der Waals surface area (Å²) in [4.78, 5) is 0. The number of hydrogen-bond donors (Lipinski definition) is 5. The van der Waals surface area contributed by atoms with Gasteiger partial charge in [-0.1, -0.05) is 55.8 Å². The summed E-state index contributed by atoms with van der Waals surface area (Å²) in [6, 6.07) is 14.1. The maximum Gasteiger partial charge on any atom is 0.238 e. The summed E-state index contributed by atoms with van der Waals surface area (Å²) in [5, 5.41) is 47.5. The highest BCUT2D eigenvalue weighted by atomic mass is 16.7. The number of H-pyrrole nitrogens is 1. The van der Waals surface area contributed by atoms with Crippen LogP contribution < -0.4 is 9.47 Å². The third-order valence-corrected chi connectivity index (χ3v) is 6.74. The topological polar surface area (TPSA) is 137 Å².